The van der Waals surface area contributed by atoms with E-state index in [-0.39, 0.29) is 41.8 Å². The minimum atomic E-state index is 0. The fraction of sp³-hybridized carbons (Fsp3) is 0.636. The van der Waals surface area contributed by atoms with Gasteiger partial charge in [-0.15, -0.1) is 24.0 Å². The summed E-state index contributed by atoms with van der Waals surface area (Å²) in [7, 11) is 0. The molecule has 1 amide bonds. The first-order valence-corrected chi connectivity index (χ1v) is 10.5. The van der Waals surface area contributed by atoms with E-state index in [1.165, 1.54) is 5.56 Å². The summed E-state index contributed by atoms with van der Waals surface area (Å²) < 4.78 is 5.80. The number of rotatable bonds is 8. The minimum absolute atomic E-state index is 0. The normalized spacial score (nSPS) is 16.7. The lowest BCUT2D eigenvalue weighted by Gasteiger charge is -2.20. The van der Waals surface area contributed by atoms with E-state index in [4.69, 9.17) is 4.74 Å². The van der Waals surface area contributed by atoms with Crippen LogP contribution in [0, 0.1) is 5.92 Å². The lowest BCUT2D eigenvalue weighted by Crippen LogP contribution is -2.45. The van der Waals surface area contributed by atoms with Gasteiger partial charge in [-0.25, -0.2) is 4.99 Å². The summed E-state index contributed by atoms with van der Waals surface area (Å²) in [5.74, 6) is 2.45. The zero-order valence-electron chi connectivity index (χ0n) is 18.4. The Morgan fingerprint density at radius 1 is 1.24 bits per heavy atom. The van der Waals surface area contributed by atoms with Crippen LogP contribution < -0.4 is 15.4 Å². The van der Waals surface area contributed by atoms with Crippen LogP contribution in [0.3, 0.4) is 0 Å². The van der Waals surface area contributed by atoms with E-state index < -0.39 is 0 Å². The van der Waals surface area contributed by atoms with Crippen LogP contribution in [0.1, 0.15) is 52.5 Å². The standard InChI is InChI=1S/C22H36N4O2.HI/c1-6-23-22(25-19-11-13-26(15-19)21(27)17(4)5)24-12-14-28-20-9-7-18(8-10-20)16(2)3;/h7-10,16-17,19H,6,11-15H2,1-5H3,(H2,23,24,25);1H. The lowest BCUT2D eigenvalue weighted by molar-refractivity contribution is -0.133. The summed E-state index contributed by atoms with van der Waals surface area (Å²) in [5.41, 5.74) is 1.31. The number of nitrogens with one attached hydrogen (secondary N) is 2. The molecule has 0 spiro atoms. The van der Waals surface area contributed by atoms with E-state index in [1.807, 2.05) is 37.8 Å². The number of amides is 1. The monoisotopic (exact) mass is 516 g/mol. The van der Waals surface area contributed by atoms with E-state index in [1.54, 1.807) is 0 Å². The number of hydrogen-bond acceptors (Lipinski definition) is 3. The highest BCUT2D eigenvalue weighted by atomic mass is 127. The molecule has 1 aliphatic heterocycles. The van der Waals surface area contributed by atoms with E-state index in [0.717, 1.165) is 37.8 Å². The molecule has 1 unspecified atom stereocenters. The van der Waals surface area contributed by atoms with Crippen LogP contribution >= 0.6 is 24.0 Å². The molecule has 29 heavy (non-hydrogen) atoms. The zero-order chi connectivity index (χ0) is 20.5. The van der Waals surface area contributed by atoms with Gasteiger partial charge < -0.3 is 20.3 Å². The highest BCUT2D eigenvalue weighted by molar-refractivity contribution is 14.0. The molecule has 1 fully saturated rings. The Kier molecular flexibility index (Phi) is 11.4. The number of hydrogen-bond donors (Lipinski definition) is 2. The van der Waals surface area contributed by atoms with Gasteiger partial charge in [0.05, 0.1) is 6.54 Å². The third-order valence-electron chi connectivity index (χ3n) is 4.86. The van der Waals surface area contributed by atoms with Crippen molar-refractivity contribution in [2.24, 2.45) is 10.9 Å². The molecule has 164 valence electrons. The Bertz CT molecular complexity index is 647. The van der Waals surface area contributed by atoms with Gasteiger partial charge in [-0.05, 0) is 37.0 Å². The van der Waals surface area contributed by atoms with Crippen molar-refractivity contribution >= 4 is 35.8 Å². The van der Waals surface area contributed by atoms with Crippen molar-refractivity contribution in [2.45, 2.75) is 53.0 Å². The molecule has 0 saturated carbocycles. The number of aliphatic imine (C=N–C) groups is 1. The van der Waals surface area contributed by atoms with Crippen molar-refractivity contribution in [3.8, 4) is 5.75 Å². The Morgan fingerprint density at radius 3 is 2.52 bits per heavy atom. The van der Waals surface area contributed by atoms with E-state index in [2.05, 4.69) is 41.6 Å². The minimum Gasteiger partial charge on any atom is -0.492 e. The maximum absolute atomic E-state index is 12.1. The molecule has 0 aliphatic carbocycles. The summed E-state index contributed by atoms with van der Waals surface area (Å²) in [6.07, 6.45) is 0.946. The zero-order valence-corrected chi connectivity index (χ0v) is 20.7. The van der Waals surface area contributed by atoms with Crippen molar-refractivity contribution in [3.63, 3.8) is 0 Å². The van der Waals surface area contributed by atoms with Crippen LogP contribution in [0.2, 0.25) is 0 Å². The molecule has 2 rings (SSSR count). The van der Waals surface area contributed by atoms with Gasteiger partial charge in [-0.1, -0.05) is 39.8 Å². The topological polar surface area (TPSA) is 66.0 Å². The summed E-state index contributed by atoms with van der Waals surface area (Å²) in [6.45, 7) is 13.8. The van der Waals surface area contributed by atoms with Gasteiger partial charge >= 0.3 is 0 Å². The average Bonchev–Trinajstić information content (AvgIpc) is 3.13. The van der Waals surface area contributed by atoms with Crippen LogP contribution in [0.4, 0.5) is 0 Å². The molecule has 1 aliphatic rings. The summed E-state index contributed by atoms with van der Waals surface area (Å²) in [6, 6.07) is 8.49. The molecule has 1 heterocycles. The third-order valence-corrected chi connectivity index (χ3v) is 4.86. The first-order chi connectivity index (χ1) is 13.4. The van der Waals surface area contributed by atoms with Crippen molar-refractivity contribution < 1.29 is 9.53 Å². The van der Waals surface area contributed by atoms with Crippen LogP contribution in [0.25, 0.3) is 0 Å². The van der Waals surface area contributed by atoms with Crippen LogP contribution in [-0.4, -0.2) is 55.6 Å². The maximum atomic E-state index is 12.1. The Hall–Kier alpha value is -1.51. The molecular formula is C22H37IN4O2. The molecule has 2 N–H and O–H groups in total. The van der Waals surface area contributed by atoms with Gasteiger partial charge in [-0.2, -0.15) is 0 Å². The predicted octanol–water partition coefficient (Wildman–Crippen LogP) is 3.62. The van der Waals surface area contributed by atoms with Crippen molar-refractivity contribution in [2.75, 3.05) is 32.8 Å². The predicted molar refractivity (Wildman–Crippen MR) is 130 cm³/mol. The number of benzene rings is 1. The number of guanidine groups is 1. The maximum Gasteiger partial charge on any atom is 0.225 e. The fourth-order valence-electron chi connectivity index (χ4n) is 3.23. The molecule has 0 bridgehead atoms. The highest BCUT2D eigenvalue weighted by Gasteiger charge is 2.27. The second-order valence-electron chi connectivity index (χ2n) is 7.90. The van der Waals surface area contributed by atoms with Gasteiger partial charge in [0.15, 0.2) is 5.96 Å². The number of carbonyl (C=O) groups excluding carboxylic acids is 1. The molecule has 6 nitrogen and oxygen atoms in total. The van der Waals surface area contributed by atoms with Gasteiger partial charge in [-0.3, -0.25) is 4.79 Å². The molecule has 1 aromatic rings. The summed E-state index contributed by atoms with van der Waals surface area (Å²) in [5, 5.41) is 6.72. The highest BCUT2D eigenvalue weighted by Crippen LogP contribution is 2.18. The van der Waals surface area contributed by atoms with Gasteiger partial charge in [0.1, 0.15) is 12.4 Å². The van der Waals surface area contributed by atoms with Crippen LogP contribution in [0.15, 0.2) is 29.3 Å². The van der Waals surface area contributed by atoms with Gasteiger partial charge in [0.2, 0.25) is 5.91 Å². The Labute approximate surface area is 192 Å². The first kappa shape index (κ1) is 25.5. The number of nitrogens with zero attached hydrogens (tertiary/aromatic N) is 2. The summed E-state index contributed by atoms with van der Waals surface area (Å²) in [4.78, 5) is 18.7. The van der Waals surface area contributed by atoms with Crippen molar-refractivity contribution in [1.29, 1.82) is 0 Å². The molecule has 0 radical (unpaired) electrons. The smallest absolute Gasteiger partial charge is 0.225 e. The molecule has 1 aromatic carbocycles. The van der Waals surface area contributed by atoms with Crippen molar-refractivity contribution in [1.82, 2.24) is 15.5 Å². The van der Waals surface area contributed by atoms with E-state index >= 15 is 0 Å². The molecular weight excluding hydrogens is 479 g/mol. The third kappa shape index (κ3) is 8.40. The number of likely N-dealkylation sites (tertiary alicyclic amines) is 1. The largest absolute Gasteiger partial charge is 0.492 e. The summed E-state index contributed by atoms with van der Waals surface area (Å²) >= 11 is 0. The number of carbonyl (C=O) groups is 1. The quantitative estimate of drug-likeness (QED) is 0.240. The lowest BCUT2D eigenvalue weighted by atomic mass is 10.0. The van der Waals surface area contributed by atoms with Crippen LogP contribution in [-0.2, 0) is 4.79 Å². The number of halogens is 1. The molecule has 0 aromatic heterocycles. The van der Waals surface area contributed by atoms with Crippen molar-refractivity contribution in [3.05, 3.63) is 29.8 Å². The Balaban J connectivity index is 0.00000420. The van der Waals surface area contributed by atoms with Crippen LogP contribution in [0.5, 0.6) is 5.75 Å². The molecule has 1 atom stereocenters. The number of ether oxygens (including phenoxy) is 1. The molecule has 1 saturated heterocycles. The van der Waals surface area contributed by atoms with E-state index in [9.17, 15) is 4.79 Å². The second kappa shape index (κ2) is 12.9. The average molecular weight is 516 g/mol. The molecule has 7 heteroatoms. The van der Waals surface area contributed by atoms with Gasteiger partial charge in [0.25, 0.3) is 0 Å². The fourth-order valence-corrected chi connectivity index (χ4v) is 3.23. The Morgan fingerprint density at radius 2 is 1.93 bits per heavy atom. The SMILES string of the molecule is CCNC(=NCCOc1ccc(C(C)C)cc1)NC1CCN(C(=O)C(C)C)C1.I. The first-order valence-electron chi connectivity index (χ1n) is 10.5. The van der Waals surface area contributed by atoms with Gasteiger partial charge in [0, 0.05) is 31.6 Å². The van der Waals surface area contributed by atoms with E-state index in [0.29, 0.717) is 19.1 Å². The second-order valence-corrected chi connectivity index (χ2v) is 7.90.